The van der Waals surface area contributed by atoms with Gasteiger partial charge in [0.25, 0.3) is 5.69 Å². The van der Waals surface area contributed by atoms with E-state index < -0.39 is 4.92 Å². The molecule has 0 radical (unpaired) electrons. The molecule has 0 saturated heterocycles. The van der Waals surface area contributed by atoms with Crippen LogP contribution in [0.1, 0.15) is 5.56 Å². The Bertz CT molecular complexity index is 356. The quantitative estimate of drug-likeness (QED) is 0.402. The van der Waals surface area contributed by atoms with Crippen LogP contribution in [0.4, 0.5) is 5.69 Å². The molecule has 0 amide bonds. The Balaban J connectivity index is 3.11. The summed E-state index contributed by atoms with van der Waals surface area (Å²) in [6.45, 7) is 3.49. The molecule has 0 atom stereocenters. The zero-order chi connectivity index (χ0) is 9.68. The summed E-state index contributed by atoms with van der Waals surface area (Å²) in [4.78, 5) is 10.1. The van der Waals surface area contributed by atoms with Crippen molar-refractivity contribution in [2.45, 2.75) is 0 Å². The molecule has 0 aliphatic heterocycles. The van der Waals surface area contributed by atoms with Crippen molar-refractivity contribution in [1.29, 1.82) is 0 Å². The van der Waals surface area contributed by atoms with Crippen LogP contribution < -0.4 is 0 Å². The number of hydrogen-bond acceptors (Lipinski definition) is 2. The number of rotatable bonds is 3. The van der Waals surface area contributed by atoms with Gasteiger partial charge in [0.1, 0.15) is 0 Å². The van der Waals surface area contributed by atoms with Crippen molar-refractivity contribution in [3.63, 3.8) is 0 Å². The summed E-state index contributed by atoms with van der Waals surface area (Å²) < 4.78 is 0. The molecule has 0 bridgehead atoms. The summed E-state index contributed by atoms with van der Waals surface area (Å²) in [5.74, 6) is 0. The van der Waals surface area contributed by atoms with Crippen molar-refractivity contribution < 1.29 is 4.92 Å². The molecule has 0 spiro atoms. The van der Waals surface area contributed by atoms with Gasteiger partial charge in [-0.2, -0.15) is 0 Å². The molecule has 66 valence electrons. The summed E-state index contributed by atoms with van der Waals surface area (Å²) in [6, 6.07) is 6.57. The van der Waals surface area contributed by atoms with E-state index >= 15 is 0 Å². The number of allylic oxidation sites excluding steroid dienone is 2. The van der Waals surface area contributed by atoms with Crippen molar-refractivity contribution in [3.05, 3.63) is 58.7 Å². The van der Waals surface area contributed by atoms with E-state index in [0.717, 1.165) is 0 Å². The Morgan fingerprint density at radius 2 is 2.08 bits per heavy atom. The van der Waals surface area contributed by atoms with E-state index in [9.17, 15) is 10.1 Å². The lowest BCUT2D eigenvalue weighted by atomic mass is 10.1. The highest BCUT2D eigenvalue weighted by molar-refractivity contribution is 5.61. The van der Waals surface area contributed by atoms with E-state index in [1.165, 1.54) is 6.07 Å². The number of benzene rings is 1. The predicted molar refractivity (Wildman–Crippen MR) is 52.3 cm³/mol. The molecular formula is C10H9NO2. The van der Waals surface area contributed by atoms with Crippen LogP contribution in [-0.4, -0.2) is 4.92 Å². The van der Waals surface area contributed by atoms with Crippen molar-refractivity contribution in [2.75, 3.05) is 0 Å². The third-order valence-corrected chi connectivity index (χ3v) is 1.55. The molecule has 0 aliphatic carbocycles. The van der Waals surface area contributed by atoms with Crippen LogP contribution >= 0.6 is 0 Å². The Morgan fingerprint density at radius 1 is 1.38 bits per heavy atom. The molecule has 0 saturated carbocycles. The molecule has 1 aromatic rings. The third kappa shape index (κ3) is 2.27. The van der Waals surface area contributed by atoms with Crippen molar-refractivity contribution in [1.82, 2.24) is 0 Å². The second kappa shape index (κ2) is 4.21. The highest BCUT2D eigenvalue weighted by Gasteiger charge is 2.08. The van der Waals surface area contributed by atoms with Crippen molar-refractivity contribution in [3.8, 4) is 0 Å². The maximum absolute atomic E-state index is 10.5. The van der Waals surface area contributed by atoms with Gasteiger partial charge >= 0.3 is 0 Å². The average molecular weight is 175 g/mol. The van der Waals surface area contributed by atoms with Gasteiger partial charge in [-0.05, 0) is 12.1 Å². The minimum Gasteiger partial charge on any atom is -0.258 e. The highest BCUT2D eigenvalue weighted by Crippen LogP contribution is 2.18. The number of hydrogen-bond donors (Lipinski definition) is 0. The number of nitro groups is 1. The zero-order valence-corrected chi connectivity index (χ0v) is 7.01. The van der Waals surface area contributed by atoms with Gasteiger partial charge < -0.3 is 0 Å². The second-order valence-electron chi connectivity index (χ2n) is 2.41. The first-order valence-electron chi connectivity index (χ1n) is 3.78. The van der Waals surface area contributed by atoms with Gasteiger partial charge in [0.05, 0.1) is 10.5 Å². The summed E-state index contributed by atoms with van der Waals surface area (Å²) in [5, 5.41) is 10.5. The van der Waals surface area contributed by atoms with Gasteiger partial charge in [0.15, 0.2) is 0 Å². The van der Waals surface area contributed by atoms with E-state index in [1.54, 1.807) is 36.4 Å². The number of nitrogens with zero attached hydrogens (tertiary/aromatic N) is 1. The number of nitro benzene ring substituents is 1. The maximum atomic E-state index is 10.5. The fourth-order valence-corrected chi connectivity index (χ4v) is 0.966. The summed E-state index contributed by atoms with van der Waals surface area (Å²) in [5.41, 5.74) is 0.702. The van der Waals surface area contributed by atoms with Gasteiger partial charge in [-0.3, -0.25) is 10.1 Å². The molecular weight excluding hydrogens is 166 g/mol. The van der Waals surface area contributed by atoms with Crippen molar-refractivity contribution in [2.24, 2.45) is 0 Å². The standard InChI is InChI=1S/C10H9NO2/c1-2-3-6-9-7-4-5-8-10(9)11(12)13/h2-8H,1H2/b6-3+. The molecule has 1 aromatic carbocycles. The Morgan fingerprint density at radius 3 is 2.69 bits per heavy atom. The van der Waals surface area contributed by atoms with Gasteiger partial charge in [0.2, 0.25) is 0 Å². The number of para-hydroxylation sites is 1. The minimum atomic E-state index is -0.400. The normalized spacial score (nSPS) is 10.2. The fraction of sp³-hybridized carbons (Fsp3) is 0. The van der Waals surface area contributed by atoms with Gasteiger partial charge in [0, 0.05) is 6.07 Å². The largest absolute Gasteiger partial charge is 0.276 e. The average Bonchev–Trinajstić information content (AvgIpc) is 2.15. The van der Waals surface area contributed by atoms with E-state index in [-0.39, 0.29) is 5.69 Å². The summed E-state index contributed by atoms with van der Waals surface area (Å²) >= 11 is 0. The van der Waals surface area contributed by atoms with Gasteiger partial charge in [-0.15, -0.1) is 0 Å². The summed E-state index contributed by atoms with van der Waals surface area (Å²) in [7, 11) is 0. The van der Waals surface area contributed by atoms with Crippen LogP contribution in [0.3, 0.4) is 0 Å². The van der Waals surface area contributed by atoms with Crippen molar-refractivity contribution >= 4 is 11.8 Å². The van der Waals surface area contributed by atoms with Crippen LogP contribution in [0.25, 0.3) is 6.08 Å². The second-order valence-corrected chi connectivity index (χ2v) is 2.41. The van der Waals surface area contributed by atoms with Gasteiger partial charge in [-0.25, -0.2) is 0 Å². The Labute approximate surface area is 76.2 Å². The van der Waals surface area contributed by atoms with E-state index in [0.29, 0.717) is 5.56 Å². The van der Waals surface area contributed by atoms with Gasteiger partial charge in [-0.1, -0.05) is 30.9 Å². The van der Waals surface area contributed by atoms with Crippen LogP contribution in [-0.2, 0) is 0 Å². The first-order valence-corrected chi connectivity index (χ1v) is 3.78. The molecule has 3 heteroatoms. The lowest BCUT2D eigenvalue weighted by Crippen LogP contribution is -1.90. The van der Waals surface area contributed by atoms with E-state index in [2.05, 4.69) is 6.58 Å². The Hall–Kier alpha value is -1.90. The minimum absolute atomic E-state index is 0.112. The highest BCUT2D eigenvalue weighted by atomic mass is 16.6. The monoisotopic (exact) mass is 175 g/mol. The predicted octanol–water partition coefficient (Wildman–Crippen LogP) is 2.79. The topological polar surface area (TPSA) is 43.1 Å². The molecule has 0 aromatic heterocycles. The SMILES string of the molecule is C=C/C=C/c1ccccc1[N+](=O)[O-]. The molecule has 0 fully saturated rings. The Kier molecular flexibility index (Phi) is 2.97. The van der Waals surface area contributed by atoms with Crippen LogP contribution in [0.2, 0.25) is 0 Å². The molecule has 0 N–H and O–H groups in total. The molecule has 1 rings (SSSR count). The first-order chi connectivity index (χ1) is 6.25. The molecule has 3 nitrogen and oxygen atoms in total. The van der Waals surface area contributed by atoms with Crippen LogP contribution in [0.5, 0.6) is 0 Å². The smallest absolute Gasteiger partial charge is 0.258 e. The van der Waals surface area contributed by atoms with Crippen LogP contribution in [0, 0.1) is 10.1 Å². The molecule has 0 heterocycles. The third-order valence-electron chi connectivity index (χ3n) is 1.55. The summed E-state index contributed by atoms with van der Waals surface area (Å²) in [6.07, 6.45) is 4.91. The van der Waals surface area contributed by atoms with E-state index in [1.807, 2.05) is 0 Å². The first kappa shape index (κ1) is 9.19. The lowest BCUT2D eigenvalue weighted by molar-refractivity contribution is -0.385. The van der Waals surface area contributed by atoms with E-state index in [4.69, 9.17) is 0 Å². The maximum Gasteiger partial charge on any atom is 0.276 e. The zero-order valence-electron chi connectivity index (χ0n) is 7.01. The fourth-order valence-electron chi connectivity index (χ4n) is 0.966. The van der Waals surface area contributed by atoms with Crippen LogP contribution in [0.15, 0.2) is 43.0 Å². The molecule has 0 unspecified atom stereocenters. The molecule has 0 aliphatic rings. The molecule has 13 heavy (non-hydrogen) atoms. The lowest BCUT2D eigenvalue weighted by Gasteiger charge is -1.94.